The Morgan fingerprint density at radius 3 is 2.54 bits per heavy atom. The summed E-state index contributed by atoms with van der Waals surface area (Å²) < 4.78 is 40.1. The molecule has 1 atom stereocenters. The van der Waals surface area contributed by atoms with E-state index in [4.69, 9.17) is 17.3 Å². The Kier molecular flexibility index (Phi) is 7.35. The molecule has 0 bridgehead atoms. The van der Waals surface area contributed by atoms with E-state index in [9.17, 15) is 32.7 Å². The Labute approximate surface area is 220 Å². The molecule has 1 aromatic carbocycles. The van der Waals surface area contributed by atoms with E-state index in [2.05, 4.69) is 5.32 Å². The first-order valence-electron chi connectivity index (χ1n) is 11.6. The highest BCUT2D eigenvalue weighted by atomic mass is 35.5. The minimum Gasteiger partial charge on any atom is -0.481 e. The molecule has 2 aromatic rings. The number of likely N-dealkylation sites (tertiary alicyclic amines) is 1. The van der Waals surface area contributed by atoms with Crippen LogP contribution in [0.3, 0.4) is 0 Å². The molecule has 8 nitrogen and oxygen atoms in total. The molecule has 3 heterocycles. The van der Waals surface area contributed by atoms with Crippen LogP contribution in [0.2, 0.25) is 5.02 Å². The van der Waals surface area contributed by atoms with Crippen LogP contribution in [0, 0.1) is 5.41 Å². The molecule has 0 radical (unpaired) electrons. The van der Waals surface area contributed by atoms with Crippen molar-refractivity contribution in [2.75, 3.05) is 24.1 Å². The van der Waals surface area contributed by atoms with Gasteiger partial charge in [-0.15, -0.1) is 11.3 Å². The summed E-state index contributed by atoms with van der Waals surface area (Å²) in [5.74, 6) is -1.72. The lowest BCUT2D eigenvalue weighted by atomic mass is 9.79. The number of carboxylic acids is 1. The van der Waals surface area contributed by atoms with E-state index >= 15 is 0 Å². The zero-order chi connectivity index (χ0) is 27.1. The standard InChI is InChI=1S/C24H26ClF3N4O4S/c1-23(21(34)35,8-13-6-16(24(26,27)28)20(29)17(25)7-13)9-19(33)31-4-2-15(3-5-31)32-10-14-11-37-12-18(14)30-22(32)36/h6-7,11-12,15H,2-5,8-10,29H2,1H3,(H,30,36)(H,34,35)/t23-/m0/s1. The normalized spacial score (nSPS) is 18.2. The smallest absolute Gasteiger partial charge is 0.418 e. The number of carbonyl (C=O) groups is 3. The summed E-state index contributed by atoms with van der Waals surface area (Å²) >= 11 is 7.40. The fraction of sp³-hybridized carbons (Fsp3) is 0.458. The van der Waals surface area contributed by atoms with Crippen LogP contribution < -0.4 is 11.1 Å². The first-order valence-corrected chi connectivity index (χ1v) is 12.9. The number of anilines is 2. The van der Waals surface area contributed by atoms with Crippen LogP contribution in [0.1, 0.15) is 42.9 Å². The van der Waals surface area contributed by atoms with Crippen molar-refractivity contribution < 1.29 is 32.7 Å². The Balaban J connectivity index is 1.42. The molecule has 2 aliphatic rings. The van der Waals surface area contributed by atoms with Gasteiger partial charge in [0.1, 0.15) is 0 Å². The molecule has 2 aliphatic heterocycles. The Bertz CT molecular complexity index is 1230. The van der Waals surface area contributed by atoms with Gasteiger partial charge < -0.3 is 26.0 Å². The summed E-state index contributed by atoms with van der Waals surface area (Å²) in [6.07, 6.45) is -4.45. The molecule has 37 heavy (non-hydrogen) atoms. The van der Waals surface area contributed by atoms with Gasteiger partial charge in [0.15, 0.2) is 0 Å². The van der Waals surface area contributed by atoms with Gasteiger partial charge in [0.2, 0.25) is 5.91 Å². The lowest BCUT2D eigenvalue weighted by molar-refractivity contribution is -0.153. The second-order valence-electron chi connectivity index (χ2n) is 9.74. The van der Waals surface area contributed by atoms with Gasteiger partial charge in [-0.2, -0.15) is 13.2 Å². The summed E-state index contributed by atoms with van der Waals surface area (Å²) in [7, 11) is 0. The number of nitrogens with one attached hydrogen (secondary N) is 1. The zero-order valence-electron chi connectivity index (χ0n) is 19.9. The molecule has 0 saturated carbocycles. The molecule has 1 saturated heterocycles. The Hall–Kier alpha value is -2.99. The molecule has 4 N–H and O–H groups in total. The highest BCUT2D eigenvalue weighted by Crippen LogP contribution is 2.40. The molecule has 13 heteroatoms. The van der Waals surface area contributed by atoms with E-state index in [1.54, 1.807) is 9.80 Å². The summed E-state index contributed by atoms with van der Waals surface area (Å²) in [4.78, 5) is 41.0. The molecule has 3 amide bonds. The molecule has 1 aromatic heterocycles. The van der Waals surface area contributed by atoms with Gasteiger partial charge >= 0.3 is 18.2 Å². The first-order chi connectivity index (χ1) is 17.3. The van der Waals surface area contributed by atoms with Crippen LogP contribution >= 0.6 is 22.9 Å². The third kappa shape index (κ3) is 5.64. The number of benzene rings is 1. The number of carboxylic acid groups (broad SMARTS) is 1. The average Bonchev–Trinajstić information content (AvgIpc) is 3.27. The van der Waals surface area contributed by atoms with Crippen LogP contribution in [0.15, 0.2) is 22.9 Å². The topological polar surface area (TPSA) is 116 Å². The number of carbonyl (C=O) groups excluding carboxylic acids is 2. The van der Waals surface area contributed by atoms with Crippen molar-refractivity contribution in [1.29, 1.82) is 0 Å². The lowest BCUT2D eigenvalue weighted by Gasteiger charge is -2.40. The second-order valence-corrected chi connectivity index (χ2v) is 10.9. The second kappa shape index (κ2) is 10.1. The van der Waals surface area contributed by atoms with E-state index in [0.29, 0.717) is 32.5 Å². The monoisotopic (exact) mass is 558 g/mol. The van der Waals surface area contributed by atoms with E-state index in [-0.39, 0.29) is 29.1 Å². The van der Waals surface area contributed by atoms with Gasteiger partial charge in [0.25, 0.3) is 0 Å². The van der Waals surface area contributed by atoms with Crippen molar-refractivity contribution in [3.8, 4) is 0 Å². The number of nitrogens with two attached hydrogens (primary N) is 1. The lowest BCUT2D eigenvalue weighted by Crippen LogP contribution is -2.51. The molecule has 0 unspecified atom stereocenters. The third-order valence-electron chi connectivity index (χ3n) is 6.99. The van der Waals surface area contributed by atoms with Crippen LogP contribution in [0.4, 0.5) is 29.3 Å². The quantitative estimate of drug-likeness (QED) is 0.428. The summed E-state index contributed by atoms with van der Waals surface area (Å²) in [5.41, 5.74) is 3.90. The number of nitrogen functional groups attached to an aromatic ring is 1. The number of fused-ring (bicyclic) bond motifs is 1. The predicted octanol–water partition coefficient (Wildman–Crippen LogP) is 5.06. The number of hydrogen-bond donors (Lipinski definition) is 3. The number of amides is 3. The summed E-state index contributed by atoms with van der Waals surface area (Å²) in [6.45, 7) is 2.50. The number of urea groups is 1. The highest BCUT2D eigenvalue weighted by molar-refractivity contribution is 7.08. The predicted molar refractivity (Wildman–Crippen MR) is 133 cm³/mol. The van der Waals surface area contributed by atoms with Gasteiger partial charge in [-0.05, 0) is 49.3 Å². The van der Waals surface area contributed by atoms with Crippen molar-refractivity contribution in [2.45, 2.75) is 51.4 Å². The van der Waals surface area contributed by atoms with Crippen LogP contribution in [0.25, 0.3) is 0 Å². The van der Waals surface area contributed by atoms with E-state index in [0.717, 1.165) is 17.3 Å². The number of alkyl halides is 3. The highest BCUT2D eigenvalue weighted by Gasteiger charge is 2.40. The van der Waals surface area contributed by atoms with E-state index in [1.165, 1.54) is 24.3 Å². The number of hydrogen-bond acceptors (Lipinski definition) is 5. The van der Waals surface area contributed by atoms with Gasteiger partial charge in [-0.1, -0.05) is 11.6 Å². The molecule has 4 rings (SSSR count). The number of aliphatic carboxylic acids is 1. The number of thiophene rings is 1. The van der Waals surface area contributed by atoms with Crippen molar-refractivity contribution in [2.24, 2.45) is 5.41 Å². The molecule has 200 valence electrons. The largest absolute Gasteiger partial charge is 0.481 e. The van der Waals surface area contributed by atoms with Gasteiger partial charge in [-0.3, -0.25) is 9.59 Å². The third-order valence-corrected chi connectivity index (χ3v) is 8.10. The van der Waals surface area contributed by atoms with E-state index < -0.39 is 41.1 Å². The molecule has 0 spiro atoms. The van der Waals surface area contributed by atoms with Crippen LogP contribution in [-0.2, 0) is 28.7 Å². The van der Waals surface area contributed by atoms with Crippen molar-refractivity contribution in [3.05, 3.63) is 44.6 Å². The molecule has 1 fully saturated rings. The maximum atomic E-state index is 13.4. The van der Waals surface area contributed by atoms with Crippen LogP contribution in [-0.4, -0.2) is 51.9 Å². The van der Waals surface area contributed by atoms with Crippen LogP contribution in [0.5, 0.6) is 0 Å². The molecule has 0 aliphatic carbocycles. The number of piperidine rings is 1. The summed E-state index contributed by atoms with van der Waals surface area (Å²) in [5, 5.41) is 16.3. The summed E-state index contributed by atoms with van der Waals surface area (Å²) in [6, 6.07) is 1.72. The van der Waals surface area contributed by atoms with Gasteiger partial charge in [0.05, 0.1) is 33.9 Å². The Morgan fingerprint density at radius 2 is 1.92 bits per heavy atom. The number of rotatable bonds is 6. The van der Waals surface area contributed by atoms with Crippen molar-refractivity contribution >= 4 is 52.2 Å². The SMILES string of the molecule is C[C@@](CC(=O)N1CCC(N2Cc3cscc3NC2=O)CC1)(Cc1cc(Cl)c(N)c(C(F)(F)F)c1)C(=O)O. The maximum Gasteiger partial charge on any atom is 0.418 e. The molecular formula is C24H26ClF3N4O4S. The van der Waals surface area contributed by atoms with Gasteiger partial charge in [0, 0.05) is 36.5 Å². The van der Waals surface area contributed by atoms with Crippen molar-refractivity contribution in [1.82, 2.24) is 9.80 Å². The fourth-order valence-electron chi connectivity index (χ4n) is 4.84. The van der Waals surface area contributed by atoms with Gasteiger partial charge in [-0.25, -0.2) is 4.79 Å². The first kappa shape index (κ1) is 27.1. The maximum absolute atomic E-state index is 13.4. The van der Waals surface area contributed by atoms with E-state index in [1.807, 2.05) is 10.8 Å². The fourth-order valence-corrected chi connectivity index (χ4v) is 5.86. The average molecular weight is 559 g/mol. The molecular weight excluding hydrogens is 533 g/mol. The Morgan fingerprint density at radius 1 is 1.24 bits per heavy atom. The minimum absolute atomic E-state index is 0.0202. The minimum atomic E-state index is -4.76. The zero-order valence-corrected chi connectivity index (χ0v) is 21.5. The van der Waals surface area contributed by atoms with Crippen molar-refractivity contribution in [3.63, 3.8) is 0 Å². The number of halogens is 4. The number of nitrogens with zero attached hydrogens (tertiary/aromatic N) is 2.